The first-order valence-corrected chi connectivity index (χ1v) is 7.89. The lowest BCUT2D eigenvalue weighted by atomic mass is 10.3. The highest BCUT2D eigenvalue weighted by Crippen LogP contribution is 2.25. The molecule has 21 heavy (non-hydrogen) atoms. The Morgan fingerprint density at radius 1 is 1.57 bits per heavy atom. The highest BCUT2D eigenvalue weighted by molar-refractivity contribution is 7.16. The molecule has 3 heterocycles. The molecule has 0 aromatic carbocycles. The molecule has 2 aromatic heterocycles. The van der Waals surface area contributed by atoms with E-state index in [2.05, 4.69) is 33.2 Å². The Labute approximate surface area is 127 Å². The minimum Gasteiger partial charge on any atom is -0.370 e. The third-order valence-electron chi connectivity index (χ3n) is 3.38. The van der Waals surface area contributed by atoms with Crippen molar-refractivity contribution < 1.29 is 4.74 Å². The fourth-order valence-corrected chi connectivity index (χ4v) is 3.18. The Hall–Kier alpha value is -1.75. The van der Waals surface area contributed by atoms with Gasteiger partial charge in [-0.2, -0.15) is 5.26 Å². The van der Waals surface area contributed by atoms with Gasteiger partial charge in [-0.1, -0.05) is 0 Å². The summed E-state index contributed by atoms with van der Waals surface area (Å²) in [5, 5.41) is 15.4. The van der Waals surface area contributed by atoms with E-state index in [1.807, 2.05) is 11.4 Å². The Bertz CT molecular complexity index is 665. The van der Waals surface area contributed by atoms with Crippen molar-refractivity contribution >= 4 is 27.4 Å². The minimum atomic E-state index is -0.350. The first kappa shape index (κ1) is 14.2. The topological polar surface area (TPSA) is 74.1 Å². The molecule has 0 saturated carbocycles. The summed E-state index contributed by atoms with van der Waals surface area (Å²) >= 11 is 1.62. The number of aromatic nitrogens is 2. The van der Waals surface area contributed by atoms with Gasteiger partial charge in [0, 0.05) is 19.6 Å². The number of morpholine rings is 1. The molecule has 2 aromatic rings. The fourth-order valence-electron chi connectivity index (χ4n) is 2.40. The zero-order valence-electron chi connectivity index (χ0n) is 11.9. The summed E-state index contributed by atoms with van der Waals surface area (Å²) in [6.07, 6.45) is -0.350. The van der Waals surface area contributed by atoms with Gasteiger partial charge in [0.2, 0.25) is 0 Å². The molecular weight excluding hydrogens is 286 g/mol. The Morgan fingerprint density at radius 3 is 3.29 bits per heavy atom. The van der Waals surface area contributed by atoms with Crippen LogP contribution in [0.4, 0.5) is 5.82 Å². The van der Waals surface area contributed by atoms with Crippen LogP contribution >= 0.6 is 11.3 Å². The van der Waals surface area contributed by atoms with Gasteiger partial charge in [0.25, 0.3) is 0 Å². The quantitative estimate of drug-likeness (QED) is 0.929. The molecule has 0 radical (unpaired) electrons. The first-order chi connectivity index (χ1) is 10.3. The Morgan fingerprint density at radius 2 is 2.48 bits per heavy atom. The van der Waals surface area contributed by atoms with Crippen molar-refractivity contribution in [2.45, 2.75) is 19.6 Å². The summed E-state index contributed by atoms with van der Waals surface area (Å²) in [4.78, 5) is 12.4. The standard InChI is InChI=1S/C14H17N5OS/c1-2-16-13-11-3-6-21-14(11)18-12(17-13)9-19-4-5-20-10(7-15)8-19/h3,6,10H,2,4-5,8-9H2,1H3,(H,16,17,18). The highest BCUT2D eigenvalue weighted by Gasteiger charge is 2.21. The van der Waals surface area contributed by atoms with Crippen molar-refractivity contribution in [3.8, 4) is 6.07 Å². The molecule has 1 aliphatic heterocycles. The summed E-state index contributed by atoms with van der Waals surface area (Å²) < 4.78 is 5.36. The molecule has 1 fully saturated rings. The molecule has 1 saturated heterocycles. The van der Waals surface area contributed by atoms with Gasteiger partial charge >= 0.3 is 0 Å². The van der Waals surface area contributed by atoms with Gasteiger partial charge in [-0.3, -0.25) is 4.90 Å². The number of thiophene rings is 1. The van der Waals surface area contributed by atoms with Crippen LogP contribution in [0.15, 0.2) is 11.4 Å². The van der Waals surface area contributed by atoms with E-state index in [0.29, 0.717) is 19.7 Å². The van der Waals surface area contributed by atoms with Crippen LogP contribution in [0.5, 0.6) is 0 Å². The van der Waals surface area contributed by atoms with Crippen molar-refractivity contribution in [2.24, 2.45) is 0 Å². The van der Waals surface area contributed by atoms with Gasteiger partial charge in [0.15, 0.2) is 6.10 Å². The van der Waals surface area contributed by atoms with E-state index in [1.54, 1.807) is 11.3 Å². The summed E-state index contributed by atoms with van der Waals surface area (Å²) in [5.41, 5.74) is 0. The number of ether oxygens (including phenoxy) is 1. The van der Waals surface area contributed by atoms with Crippen molar-refractivity contribution in [2.75, 3.05) is 31.6 Å². The maximum absolute atomic E-state index is 8.96. The van der Waals surface area contributed by atoms with Crippen LogP contribution in [0.1, 0.15) is 12.7 Å². The number of nitriles is 1. The lowest BCUT2D eigenvalue weighted by Gasteiger charge is -2.29. The van der Waals surface area contributed by atoms with Crippen molar-refractivity contribution in [1.29, 1.82) is 5.26 Å². The lowest BCUT2D eigenvalue weighted by Crippen LogP contribution is -2.41. The predicted molar refractivity (Wildman–Crippen MR) is 82.2 cm³/mol. The molecule has 3 rings (SSSR count). The van der Waals surface area contributed by atoms with E-state index >= 15 is 0 Å². The molecule has 0 bridgehead atoms. The van der Waals surface area contributed by atoms with Crippen molar-refractivity contribution in [3.05, 3.63) is 17.3 Å². The third kappa shape index (κ3) is 3.13. The molecule has 0 amide bonds. The van der Waals surface area contributed by atoms with Gasteiger partial charge in [0.1, 0.15) is 16.5 Å². The van der Waals surface area contributed by atoms with Crippen LogP contribution < -0.4 is 5.32 Å². The number of hydrogen-bond donors (Lipinski definition) is 1. The summed E-state index contributed by atoms with van der Waals surface area (Å²) in [6, 6.07) is 4.21. The summed E-state index contributed by atoms with van der Waals surface area (Å²) in [7, 11) is 0. The molecule has 1 N–H and O–H groups in total. The van der Waals surface area contributed by atoms with Crippen LogP contribution in [0, 0.1) is 11.3 Å². The van der Waals surface area contributed by atoms with Gasteiger partial charge < -0.3 is 10.1 Å². The van der Waals surface area contributed by atoms with E-state index in [9.17, 15) is 0 Å². The largest absolute Gasteiger partial charge is 0.370 e. The average molecular weight is 303 g/mol. The number of hydrogen-bond acceptors (Lipinski definition) is 7. The maximum atomic E-state index is 8.96. The second-order valence-electron chi connectivity index (χ2n) is 4.88. The highest BCUT2D eigenvalue weighted by atomic mass is 32.1. The normalized spacial score (nSPS) is 19.5. The van der Waals surface area contributed by atoms with Crippen molar-refractivity contribution in [3.63, 3.8) is 0 Å². The fraction of sp³-hybridized carbons (Fsp3) is 0.500. The van der Waals surface area contributed by atoms with Gasteiger partial charge in [-0.15, -0.1) is 11.3 Å². The molecule has 110 valence electrons. The van der Waals surface area contributed by atoms with E-state index in [4.69, 9.17) is 10.00 Å². The molecule has 1 aliphatic rings. The van der Waals surface area contributed by atoms with Gasteiger partial charge in [0.05, 0.1) is 24.6 Å². The first-order valence-electron chi connectivity index (χ1n) is 7.01. The van der Waals surface area contributed by atoms with Crippen LogP contribution in [0.3, 0.4) is 0 Å². The number of nitrogens with one attached hydrogen (secondary N) is 1. The van der Waals surface area contributed by atoms with E-state index < -0.39 is 0 Å². The molecule has 1 atom stereocenters. The number of fused-ring (bicyclic) bond motifs is 1. The molecule has 6 nitrogen and oxygen atoms in total. The monoisotopic (exact) mass is 303 g/mol. The summed E-state index contributed by atoms with van der Waals surface area (Å²) in [5.74, 6) is 1.68. The van der Waals surface area contributed by atoms with E-state index in [1.165, 1.54) is 0 Å². The molecule has 0 spiro atoms. The maximum Gasteiger partial charge on any atom is 0.156 e. The number of nitrogens with zero attached hydrogens (tertiary/aromatic N) is 4. The molecule has 1 unspecified atom stereocenters. The predicted octanol–water partition coefficient (Wildman–Crippen LogP) is 1.85. The van der Waals surface area contributed by atoms with E-state index in [0.717, 1.165) is 34.9 Å². The minimum absolute atomic E-state index is 0.350. The second kappa shape index (κ2) is 6.35. The SMILES string of the molecule is CCNc1nc(CN2CCOC(C#N)C2)nc2sccc12. The lowest BCUT2D eigenvalue weighted by molar-refractivity contribution is -0.00353. The van der Waals surface area contributed by atoms with Gasteiger partial charge in [-0.25, -0.2) is 9.97 Å². The van der Waals surface area contributed by atoms with Crippen LogP contribution in [-0.4, -0.2) is 47.2 Å². The van der Waals surface area contributed by atoms with Crippen LogP contribution in [-0.2, 0) is 11.3 Å². The second-order valence-corrected chi connectivity index (χ2v) is 5.78. The number of rotatable bonds is 4. The van der Waals surface area contributed by atoms with Crippen LogP contribution in [0.2, 0.25) is 0 Å². The average Bonchev–Trinajstić information content (AvgIpc) is 2.96. The zero-order chi connectivity index (χ0) is 14.7. The van der Waals surface area contributed by atoms with Crippen molar-refractivity contribution in [1.82, 2.24) is 14.9 Å². The molecule has 7 heteroatoms. The van der Waals surface area contributed by atoms with Gasteiger partial charge in [-0.05, 0) is 18.4 Å². The Kier molecular flexibility index (Phi) is 4.29. The number of anilines is 1. The smallest absolute Gasteiger partial charge is 0.156 e. The summed E-state index contributed by atoms with van der Waals surface area (Å²) in [6.45, 7) is 5.53. The molecular formula is C14H17N5OS. The van der Waals surface area contributed by atoms with Crippen LogP contribution in [0.25, 0.3) is 10.2 Å². The zero-order valence-corrected chi connectivity index (χ0v) is 12.7. The third-order valence-corrected chi connectivity index (χ3v) is 4.18. The van der Waals surface area contributed by atoms with E-state index in [-0.39, 0.29) is 6.10 Å². The molecule has 0 aliphatic carbocycles. The Balaban J connectivity index is 1.81.